The Morgan fingerprint density at radius 1 is 1.24 bits per heavy atom. The predicted octanol–water partition coefficient (Wildman–Crippen LogP) is 0.925. The van der Waals surface area contributed by atoms with Crippen LogP contribution >= 0.6 is 0 Å². The average Bonchev–Trinajstić information content (AvgIpc) is 2.85. The molecule has 0 aromatic heterocycles. The monoisotopic (exact) mass is 242 g/mol. The van der Waals surface area contributed by atoms with E-state index in [1.807, 2.05) is 13.8 Å². The molecule has 4 nitrogen and oxygen atoms in total. The van der Waals surface area contributed by atoms with Crippen molar-refractivity contribution in [1.82, 2.24) is 10.2 Å². The van der Waals surface area contributed by atoms with Crippen molar-refractivity contribution in [2.75, 3.05) is 39.4 Å². The molecule has 100 valence electrons. The number of nitrogens with zero attached hydrogens (tertiary/aromatic N) is 1. The number of hydrogen-bond donors (Lipinski definition) is 1. The van der Waals surface area contributed by atoms with Gasteiger partial charge in [0.15, 0.2) is 6.29 Å². The van der Waals surface area contributed by atoms with Gasteiger partial charge in [0.05, 0.1) is 0 Å². The van der Waals surface area contributed by atoms with E-state index < -0.39 is 0 Å². The summed E-state index contributed by atoms with van der Waals surface area (Å²) in [6.45, 7) is 12.3. The second-order valence-electron chi connectivity index (χ2n) is 5.12. The minimum absolute atomic E-state index is 0.0563. The van der Waals surface area contributed by atoms with Gasteiger partial charge in [0.25, 0.3) is 0 Å². The lowest BCUT2D eigenvalue weighted by molar-refractivity contribution is -0.148. The highest BCUT2D eigenvalue weighted by atomic mass is 16.7. The van der Waals surface area contributed by atoms with Crippen molar-refractivity contribution < 1.29 is 9.47 Å². The van der Waals surface area contributed by atoms with Gasteiger partial charge in [0.2, 0.25) is 0 Å². The summed E-state index contributed by atoms with van der Waals surface area (Å²) in [5, 5.41) is 3.49. The van der Waals surface area contributed by atoms with Gasteiger partial charge in [0, 0.05) is 32.3 Å². The van der Waals surface area contributed by atoms with Crippen molar-refractivity contribution in [2.24, 2.45) is 11.8 Å². The quantitative estimate of drug-likeness (QED) is 0.703. The van der Waals surface area contributed by atoms with E-state index in [1.165, 1.54) is 19.6 Å². The van der Waals surface area contributed by atoms with Crippen LogP contribution in [0.4, 0.5) is 0 Å². The largest absolute Gasteiger partial charge is 0.352 e. The van der Waals surface area contributed by atoms with Crippen LogP contribution in [0.25, 0.3) is 0 Å². The number of rotatable bonds is 6. The van der Waals surface area contributed by atoms with Gasteiger partial charge >= 0.3 is 0 Å². The molecule has 4 heteroatoms. The summed E-state index contributed by atoms with van der Waals surface area (Å²) < 4.78 is 11.3. The van der Waals surface area contributed by atoms with Gasteiger partial charge in [-0.1, -0.05) is 0 Å². The molecule has 3 unspecified atom stereocenters. The van der Waals surface area contributed by atoms with Crippen molar-refractivity contribution in [3.8, 4) is 0 Å². The molecule has 3 atom stereocenters. The maximum Gasteiger partial charge on any atom is 0.170 e. The number of fused-ring (bicyclic) bond motifs is 1. The van der Waals surface area contributed by atoms with Crippen LogP contribution in [0.5, 0.6) is 0 Å². The zero-order valence-corrected chi connectivity index (χ0v) is 11.3. The molecule has 0 aromatic carbocycles. The standard InChI is InChI=1S/C13H26N2O2/c1-4-16-13(17-5-2)9-15-8-11-6-14-7-12(11)10(15)3/h10-14H,4-9H2,1-3H3. The molecule has 0 amide bonds. The first kappa shape index (κ1) is 13.3. The van der Waals surface area contributed by atoms with E-state index in [-0.39, 0.29) is 6.29 Å². The third-order valence-electron chi connectivity index (χ3n) is 4.15. The van der Waals surface area contributed by atoms with Crippen LogP contribution in [0, 0.1) is 11.8 Å². The number of hydrogen-bond acceptors (Lipinski definition) is 4. The molecule has 0 spiro atoms. The Kier molecular flexibility index (Phi) is 4.79. The van der Waals surface area contributed by atoms with E-state index in [1.54, 1.807) is 0 Å². The Hall–Kier alpha value is -0.160. The van der Waals surface area contributed by atoms with Crippen LogP contribution in [0.3, 0.4) is 0 Å². The molecule has 0 saturated carbocycles. The Balaban J connectivity index is 1.85. The minimum Gasteiger partial charge on any atom is -0.352 e. The number of ether oxygens (including phenoxy) is 2. The van der Waals surface area contributed by atoms with Gasteiger partial charge < -0.3 is 14.8 Å². The Labute approximate surface area is 105 Å². The number of likely N-dealkylation sites (tertiary alicyclic amines) is 1. The van der Waals surface area contributed by atoms with Crippen molar-refractivity contribution >= 4 is 0 Å². The highest BCUT2D eigenvalue weighted by molar-refractivity contribution is 4.96. The summed E-state index contributed by atoms with van der Waals surface area (Å²) in [7, 11) is 0. The molecule has 2 saturated heterocycles. The highest BCUT2D eigenvalue weighted by Crippen LogP contribution is 2.32. The lowest BCUT2D eigenvalue weighted by Gasteiger charge is -2.28. The van der Waals surface area contributed by atoms with Gasteiger partial charge in [-0.15, -0.1) is 0 Å². The zero-order chi connectivity index (χ0) is 12.3. The molecule has 0 radical (unpaired) electrons. The first-order valence-corrected chi connectivity index (χ1v) is 6.94. The van der Waals surface area contributed by atoms with Crippen molar-refractivity contribution in [1.29, 1.82) is 0 Å². The van der Waals surface area contributed by atoms with Crippen LogP contribution in [0.2, 0.25) is 0 Å². The summed E-state index contributed by atoms with van der Waals surface area (Å²) >= 11 is 0. The molecule has 2 heterocycles. The first-order valence-electron chi connectivity index (χ1n) is 6.94. The van der Waals surface area contributed by atoms with Crippen LogP contribution in [0.1, 0.15) is 20.8 Å². The third-order valence-corrected chi connectivity index (χ3v) is 4.15. The van der Waals surface area contributed by atoms with Crippen LogP contribution in [0.15, 0.2) is 0 Å². The molecule has 0 aromatic rings. The maximum absolute atomic E-state index is 5.64. The molecule has 2 aliphatic heterocycles. The van der Waals surface area contributed by atoms with Crippen LogP contribution in [-0.4, -0.2) is 56.6 Å². The van der Waals surface area contributed by atoms with Gasteiger partial charge in [-0.25, -0.2) is 0 Å². The Bertz CT molecular complexity index is 231. The van der Waals surface area contributed by atoms with Crippen molar-refractivity contribution in [3.63, 3.8) is 0 Å². The summed E-state index contributed by atoms with van der Waals surface area (Å²) in [5.41, 5.74) is 0. The molecule has 2 aliphatic rings. The fourth-order valence-corrected chi connectivity index (χ4v) is 3.21. The topological polar surface area (TPSA) is 33.7 Å². The van der Waals surface area contributed by atoms with E-state index in [2.05, 4.69) is 17.1 Å². The molecule has 1 N–H and O–H groups in total. The van der Waals surface area contributed by atoms with E-state index in [0.717, 1.165) is 31.6 Å². The van der Waals surface area contributed by atoms with Crippen molar-refractivity contribution in [3.05, 3.63) is 0 Å². The van der Waals surface area contributed by atoms with Crippen LogP contribution < -0.4 is 5.32 Å². The van der Waals surface area contributed by atoms with Gasteiger partial charge in [-0.05, 0) is 45.7 Å². The first-order chi connectivity index (χ1) is 8.26. The lowest BCUT2D eigenvalue weighted by atomic mass is 9.95. The van der Waals surface area contributed by atoms with E-state index >= 15 is 0 Å². The fourth-order valence-electron chi connectivity index (χ4n) is 3.21. The van der Waals surface area contributed by atoms with Gasteiger partial charge in [0.1, 0.15) is 0 Å². The third kappa shape index (κ3) is 2.99. The number of nitrogens with one attached hydrogen (secondary N) is 1. The smallest absolute Gasteiger partial charge is 0.170 e. The maximum atomic E-state index is 5.64. The molecular weight excluding hydrogens is 216 g/mol. The highest BCUT2D eigenvalue weighted by Gasteiger charge is 2.42. The lowest BCUT2D eigenvalue weighted by Crippen LogP contribution is -2.40. The minimum atomic E-state index is -0.0563. The summed E-state index contributed by atoms with van der Waals surface area (Å²) in [6, 6.07) is 0.651. The summed E-state index contributed by atoms with van der Waals surface area (Å²) in [5.74, 6) is 1.65. The second kappa shape index (κ2) is 6.14. The van der Waals surface area contributed by atoms with E-state index in [4.69, 9.17) is 9.47 Å². The van der Waals surface area contributed by atoms with Crippen molar-refractivity contribution in [2.45, 2.75) is 33.1 Å². The Morgan fingerprint density at radius 3 is 2.53 bits per heavy atom. The second-order valence-corrected chi connectivity index (χ2v) is 5.12. The molecule has 0 bridgehead atoms. The molecular formula is C13H26N2O2. The molecule has 0 aliphatic carbocycles. The normalized spacial score (nSPS) is 33.5. The SMILES string of the molecule is CCOC(CN1CC2CNCC2C1C)OCC. The zero-order valence-electron chi connectivity index (χ0n) is 11.3. The Morgan fingerprint density at radius 2 is 1.94 bits per heavy atom. The van der Waals surface area contributed by atoms with Gasteiger partial charge in [-0.3, -0.25) is 4.90 Å². The predicted molar refractivity (Wildman–Crippen MR) is 67.9 cm³/mol. The average molecular weight is 242 g/mol. The molecule has 17 heavy (non-hydrogen) atoms. The summed E-state index contributed by atoms with van der Waals surface area (Å²) in [6.07, 6.45) is -0.0563. The fraction of sp³-hybridized carbons (Fsp3) is 1.00. The molecule has 2 rings (SSSR count). The van der Waals surface area contributed by atoms with Gasteiger partial charge in [-0.2, -0.15) is 0 Å². The summed E-state index contributed by atoms with van der Waals surface area (Å²) in [4.78, 5) is 2.53. The van der Waals surface area contributed by atoms with E-state index in [9.17, 15) is 0 Å². The van der Waals surface area contributed by atoms with E-state index in [0.29, 0.717) is 6.04 Å². The molecule has 2 fully saturated rings. The van der Waals surface area contributed by atoms with Crippen LogP contribution in [-0.2, 0) is 9.47 Å².